The van der Waals surface area contributed by atoms with Gasteiger partial charge in [-0.05, 0) is 53.5 Å². The first-order valence-corrected chi connectivity index (χ1v) is 10.3. The number of fused-ring (bicyclic) bond motifs is 2. The van der Waals surface area contributed by atoms with Crippen molar-refractivity contribution in [2.75, 3.05) is 0 Å². The summed E-state index contributed by atoms with van der Waals surface area (Å²) >= 11 is 0. The van der Waals surface area contributed by atoms with Crippen LogP contribution in [-0.4, -0.2) is 0 Å². The first kappa shape index (κ1) is 17.9. The van der Waals surface area contributed by atoms with E-state index in [1.807, 2.05) is 0 Å². The number of aryl methyl sites for hydroxylation is 2. The van der Waals surface area contributed by atoms with E-state index in [1.165, 1.54) is 44.2 Å². The molecular weight excluding hydrogens is 354 g/mol. The predicted octanol–water partition coefficient (Wildman–Crippen LogP) is 6.84. The molecule has 5 rings (SSSR count). The van der Waals surface area contributed by atoms with E-state index >= 15 is 0 Å². The summed E-state index contributed by atoms with van der Waals surface area (Å²) in [5, 5.41) is 2.45. The lowest BCUT2D eigenvalue weighted by molar-refractivity contribution is -0.660. The molecule has 0 spiro atoms. The summed E-state index contributed by atoms with van der Waals surface area (Å²) in [6.45, 7) is 8.86. The highest BCUT2D eigenvalue weighted by Crippen LogP contribution is 2.47. The lowest BCUT2D eigenvalue weighted by atomic mass is 9.90. The second kappa shape index (κ2) is 6.45. The highest BCUT2D eigenvalue weighted by Gasteiger charge is 2.30. The Labute approximate surface area is 172 Å². The van der Waals surface area contributed by atoms with E-state index in [2.05, 4.69) is 100 Å². The summed E-state index contributed by atoms with van der Waals surface area (Å²) < 4.78 is 8.65. The molecule has 1 aliphatic heterocycles. The van der Waals surface area contributed by atoms with Gasteiger partial charge in [0.2, 0.25) is 0 Å². The van der Waals surface area contributed by atoms with Crippen molar-refractivity contribution in [3.63, 3.8) is 0 Å². The number of hydrogen-bond acceptors (Lipinski definition) is 1. The monoisotopic (exact) mass is 380 g/mol. The first-order valence-electron chi connectivity index (χ1n) is 10.3. The first-order chi connectivity index (χ1) is 13.9. The Kier molecular flexibility index (Phi) is 3.99. The fourth-order valence-corrected chi connectivity index (χ4v) is 4.45. The number of hydrogen-bond donors (Lipinski definition) is 0. The molecule has 2 nitrogen and oxygen atoms in total. The van der Waals surface area contributed by atoms with Crippen LogP contribution >= 0.6 is 0 Å². The van der Waals surface area contributed by atoms with Crippen LogP contribution in [0.25, 0.3) is 33.2 Å². The summed E-state index contributed by atoms with van der Waals surface area (Å²) in [5.74, 6) is 2.40. The molecule has 2 heterocycles. The highest BCUT2D eigenvalue weighted by molar-refractivity contribution is 6.04. The van der Waals surface area contributed by atoms with Gasteiger partial charge in [0.1, 0.15) is 12.8 Å². The molecule has 0 unspecified atom stereocenters. The van der Waals surface area contributed by atoms with Crippen LogP contribution in [0, 0.1) is 13.8 Å². The largest absolute Gasteiger partial charge is 0.450 e. The van der Waals surface area contributed by atoms with Crippen LogP contribution in [0.15, 0.2) is 60.8 Å². The molecule has 3 aromatic carbocycles. The fourth-order valence-electron chi connectivity index (χ4n) is 4.45. The third kappa shape index (κ3) is 2.74. The Bertz CT molecular complexity index is 1270. The average Bonchev–Trinajstić information content (AvgIpc) is 2.71. The molecule has 0 radical (unpaired) electrons. The van der Waals surface area contributed by atoms with Crippen molar-refractivity contribution in [1.29, 1.82) is 0 Å². The van der Waals surface area contributed by atoms with Gasteiger partial charge in [0, 0.05) is 17.0 Å². The molecule has 0 bridgehead atoms. The molecule has 0 saturated carbocycles. The summed E-state index contributed by atoms with van der Waals surface area (Å²) in [6, 6.07) is 19.7. The zero-order valence-corrected chi connectivity index (χ0v) is 17.7. The molecule has 29 heavy (non-hydrogen) atoms. The molecule has 4 aromatic rings. The van der Waals surface area contributed by atoms with E-state index in [4.69, 9.17) is 4.74 Å². The van der Waals surface area contributed by atoms with Gasteiger partial charge >= 0.3 is 0 Å². The second-order valence-corrected chi connectivity index (χ2v) is 8.48. The summed E-state index contributed by atoms with van der Waals surface area (Å²) in [6.07, 6.45) is 2.22. The fraction of sp³-hybridized carbons (Fsp3) is 0.222. The van der Waals surface area contributed by atoms with Gasteiger partial charge in [0.05, 0.1) is 5.56 Å². The minimum atomic E-state index is 0.537. The molecule has 0 atom stereocenters. The molecule has 1 aliphatic rings. The summed E-state index contributed by atoms with van der Waals surface area (Å²) in [7, 11) is 2.12. The minimum absolute atomic E-state index is 0.537. The Morgan fingerprint density at radius 2 is 1.62 bits per heavy atom. The Hall–Kier alpha value is -3.13. The maximum Gasteiger partial charge on any atom is 0.256 e. The van der Waals surface area contributed by atoms with Crippen LogP contribution in [0.5, 0.6) is 11.5 Å². The van der Waals surface area contributed by atoms with Crippen molar-refractivity contribution in [2.45, 2.75) is 33.6 Å². The van der Waals surface area contributed by atoms with Gasteiger partial charge in [0.25, 0.3) is 5.69 Å². The lowest BCUT2D eigenvalue weighted by Gasteiger charge is -2.22. The van der Waals surface area contributed by atoms with Crippen molar-refractivity contribution in [2.24, 2.45) is 7.05 Å². The number of benzene rings is 3. The van der Waals surface area contributed by atoms with Gasteiger partial charge in [0.15, 0.2) is 11.9 Å². The molecule has 1 aromatic heterocycles. The zero-order chi connectivity index (χ0) is 20.3. The SMILES string of the molecule is Cc1cc2cccc3c2c(c1C)-c1c(cc(-c2ccc(C(C)C)cc2)c[n+]1C)O3. The summed E-state index contributed by atoms with van der Waals surface area (Å²) in [5.41, 5.74) is 8.81. The molecule has 0 aliphatic carbocycles. The average molecular weight is 381 g/mol. The van der Waals surface area contributed by atoms with E-state index in [1.54, 1.807) is 0 Å². The van der Waals surface area contributed by atoms with Crippen LogP contribution < -0.4 is 9.30 Å². The standard InChI is InChI=1S/C27H26NO/c1-16(2)19-9-11-20(12-10-19)22-14-24-27(28(5)15-22)25-18(4)17(3)13-21-7-6-8-23(29-24)26(21)25/h6-16H,1-5H3/q+1. The molecule has 0 fully saturated rings. The Morgan fingerprint density at radius 3 is 2.34 bits per heavy atom. The third-order valence-corrected chi connectivity index (χ3v) is 6.22. The maximum atomic E-state index is 6.43. The van der Waals surface area contributed by atoms with Gasteiger partial charge in [-0.3, -0.25) is 0 Å². The van der Waals surface area contributed by atoms with Gasteiger partial charge in [-0.1, -0.05) is 56.3 Å². The van der Waals surface area contributed by atoms with Gasteiger partial charge in [-0.25, -0.2) is 0 Å². The van der Waals surface area contributed by atoms with E-state index in [9.17, 15) is 0 Å². The maximum absolute atomic E-state index is 6.43. The smallest absolute Gasteiger partial charge is 0.256 e. The number of nitrogens with zero attached hydrogens (tertiary/aromatic N) is 1. The quantitative estimate of drug-likeness (QED) is 0.305. The molecule has 0 N–H and O–H groups in total. The minimum Gasteiger partial charge on any atom is -0.450 e. The van der Waals surface area contributed by atoms with E-state index in [0.29, 0.717) is 5.92 Å². The number of aromatic nitrogens is 1. The predicted molar refractivity (Wildman–Crippen MR) is 120 cm³/mol. The van der Waals surface area contributed by atoms with Crippen LogP contribution in [0.4, 0.5) is 0 Å². The third-order valence-electron chi connectivity index (χ3n) is 6.22. The van der Waals surface area contributed by atoms with Crippen molar-refractivity contribution >= 4 is 10.8 Å². The Balaban J connectivity index is 1.73. The molecule has 0 amide bonds. The Morgan fingerprint density at radius 1 is 0.862 bits per heavy atom. The van der Waals surface area contributed by atoms with Crippen LogP contribution in [0.1, 0.15) is 36.5 Å². The van der Waals surface area contributed by atoms with E-state index in [0.717, 1.165) is 17.2 Å². The van der Waals surface area contributed by atoms with Crippen molar-refractivity contribution < 1.29 is 9.30 Å². The van der Waals surface area contributed by atoms with Crippen molar-refractivity contribution in [1.82, 2.24) is 0 Å². The van der Waals surface area contributed by atoms with E-state index in [-0.39, 0.29) is 0 Å². The second-order valence-electron chi connectivity index (χ2n) is 8.48. The molecular formula is C27H26NO+. The summed E-state index contributed by atoms with van der Waals surface area (Å²) in [4.78, 5) is 0. The normalized spacial score (nSPS) is 12.2. The van der Waals surface area contributed by atoms with Gasteiger partial charge in [-0.2, -0.15) is 4.57 Å². The van der Waals surface area contributed by atoms with Crippen LogP contribution in [0.3, 0.4) is 0 Å². The van der Waals surface area contributed by atoms with Gasteiger partial charge in [-0.15, -0.1) is 0 Å². The van der Waals surface area contributed by atoms with Gasteiger partial charge < -0.3 is 4.74 Å². The topological polar surface area (TPSA) is 13.1 Å². The number of ether oxygens (including phenoxy) is 1. The van der Waals surface area contributed by atoms with Crippen molar-refractivity contribution in [3.8, 4) is 33.9 Å². The molecule has 0 saturated heterocycles. The molecule has 144 valence electrons. The van der Waals surface area contributed by atoms with Crippen LogP contribution in [0.2, 0.25) is 0 Å². The number of pyridine rings is 1. The lowest BCUT2D eigenvalue weighted by Crippen LogP contribution is -2.32. The van der Waals surface area contributed by atoms with Crippen molar-refractivity contribution in [3.05, 3.63) is 77.5 Å². The highest BCUT2D eigenvalue weighted by atomic mass is 16.5. The van der Waals surface area contributed by atoms with E-state index < -0.39 is 0 Å². The van der Waals surface area contributed by atoms with Crippen LogP contribution in [-0.2, 0) is 7.05 Å². The molecule has 2 heteroatoms. The zero-order valence-electron chi connectivity index (χ0n) is 17.7. The number of rotatable bonds is 2.